The lowest BCUT2D eigenvalue weighted by atomic mass is 10.1. The maximum Gasteiger partial charge on any atom is 0.118 e. The van der Waals surface area contributed by atoms with Gasteiger partial charge in [0.25, 0.3) is 0 Å². The van der Waals surface area contributed by atoms with Gasteiger partial charge in [0.2, 0.25) is 0 Å². The van der Waals surface area contributed by atoms with Gasteiger partial charge < -0.3 is 4.74 Å². The highest BCUT2D eigenvalue weighted by atomic mass is 16.5. The summed E-state index contributed by atoms with van der Waals surface area (Å²) < 4.78 is 12.8. The van der Waals surface area contributed by atoms with Crippen LogP contribution in [0, 0.1) is 0 Å². The zero-order valence-electron chi connectivity index (χ0n) is 9.03. The van der Waals surface area contributed by atoms with Gasteiger partial charge in [0.1, 0.15) is 5.75 Å². The summed E-state index contributed by atoms with van der Waals surface area (Å²) in [6, 6.07) is 16.0. The minimum Gasteiger partial charge on any atom is -0.497 e. The lowest BCUT2D eigenvalue weighted by molar-refractivity contribution is 0.415. The van der Waals surface area contributed by atoms with E-state index in [1.165, 1.54) is 0 Å². The highest BCUT2D eigenvalue weighted by Crippen LogP contribution is 2.21. The number of methoxy groups -OCH3 is 1. The van der Waals surface area contributed by atoms with Crippen LogP contribution in [-0.4, -0.2) is 7.11 Å². The summed E-state index contributed by atoms with van der Waals surface area (Å²) in [5.74, 6) is 0.606. The molecule has 2 aromatic rings. The Kier molecular flexibility index (Phi) is 2.16. The Morgan fingerprint density at radius 3 is 2.29 bits per heavy atom. The highest BCUT2D eigenvalue weighted by molar-refractivity contribution is 5.63. The first-order valence-electron chi connectivity index (χ1n) is 5.01. The van der Waals surface area contributed by atoms with Gasteiger partial charge in [0.15, 0.2) is 0 Å². The summed E-state index contributed by atoms with van der Waals surface area (Å²) in [5.41, 5.74) is 2.16. The molecule has 0 aliphatic rings. The van der Waals surface area contributed by atoms with E-state index in [2.05, 4.69) is 0 Å². The van der Waals surface area contributed by atoms with E-state index in [9.17, 15) is 0 Å². The summed E-state index contributed by atoms with van der Waals surface area (Å²) >= 11 is 0. The molecule has 0 aliphatic heterocycles. The Balaban J connectivity index is 2.43. The van der Waals surface area contributed by atoms with Crippen molar-refractivity contribution >= 4 is 0 Å². The molecular formula is C13H12O. The third-order valence-corrected chi connectivity index (χ3v) is 2.11. The predicted octanol–water partition coefficient (Wildman–Crippen LogP) is 3.36. The molecule has 0 atom stereocenters. The van der Waals surface area contributed by atoms with Gasteiger partial charge in [-0.1, -0.05) is 42.5 Å². The van der Waals surface area contributed by atoms with Crippen LogP contribution >= 0.6 is 0 Å². The number of benzene rings is 2. The predicted molar refractivity (Wildman–Crippen MR) is 58.4 cm³/mol. The Morgan fingerprint density at radius 2 is 1.64 bits per heavy atom. The number of hydrogen-bond acceptors (Lipinski definition) is 1. The van der Waals surface area contributed by atoms with Crippen molar-refractivity contribution in [3.8, 4) is 16.9 Å². The van der Waals surface area contributed by atoms with Gasteiger partial charge in [-0.2, -0.15) is 0 Å². The van der Waals surface area contributed by atoms with Crippen LogP contribution in [0.1, 0.15) is 1.37 Å². The van der Waals surface area contributed by atoms with E-state index >= 15 is 0 Å². The van der Waals surface area contributed by atoms with Gasteiger partial charge in [-0.3, -0.25) is 0 Å². The van der Waals surface area contributed by atoms with Crippen LogP contribution in [0.4, 0.5) is 0 Å². The minimum atomic E-state index is 0.416. The van der Waals surface area contributed by atoms with E-state index in [1.807, 2.05) is 48.5 Å². The van der Waals surface area contributed by atoms with E-state index in [0.29, 0.717) is 11.8 Å². The molecule has 70 valence electrons. The Morgan fingerprint density at radius 1 is 0.929 bits per heavy atom. The summed E-state index contributed by atoms with van der Waals surface area (Å²) in [6.45, 7) is 0. The van der Waals surface area contributed by atoms with Crippen molar-refractivity contribution in [2.45, 2.75) is 0 Å². The lowest BCUT2D eigenvalue weighted by Crippen LogP contribution is -1.82. The number of rotatable bonds is 2. The average Bonchev–Trinajstić information content (AvgIpc) is 2.30. The second kappa shape index (κ2) is 3.97. The van der Waals surface area contributed by atoms with Crippen molar-refractivity contribution in [3.05, 3.63) is 54.6 Å². The normalized spacial score (nSPS) is 10.8. The zero-order valence-corrected chi connectivity index (χ0v) is 8.03. The first-order valence-corrected chi connectivity index (χ1v) is 4.51. The number of hydrogen-bond donors (Lipinski definition) is 0. The molecule has 0 bridgehead atoms. The minimum absolute atomic E-state index is 0.416. The van der Waals surface area contributed by atoms with Gasteiger partial charge in [-0.15, -0.1) is 0 Å². The average molecular weight is 185 g/mol. The zero-order chi connectivity index (χ0) is 10.7. The summed E-state index contributed by atoms with van der Waals surface area (Å²) in [7, 11) is 1.58. The fraction of sp³-hybridized carbons (Fsp3) is 0.0769. The molecule has 1 nitrogen and oxygen atoms in total. The molecule has 2 rings (SSSR count). The van der Waals surface area contributed by atoms with Crippen molar-refractivity contribution in [1.29, 1.82) is 0 Å². The quantitative estimate of drug-likeness (QED) is 0.697. The fourth-order valence-electron chi connectivity index (χ4n) is 1.35. The summed E-state index contributed by atoms with van der Waals surface area (Å²) in [5, 5.41) is 0. The van der Waals surface area contributed by atoms with Crippen molar-refractivity contribution in [2.24, 2.45) is 0 Å². The fourth-order valence-corrected chi connectivity index (χ4v) is 1.35. The van der Waals surface area contributed by atoms with E-state index in [0.717, 1.165) is 11.1 Å². The van der Waals surface area contributed by atoms with Crippen LogP contribution in [-0.2, 0) is 0 Å². The molecule has 0 spiro atoms. The molecule has 0 saturated carbocycles. The summed E-state index contributed by atoms with van der Waals surface area (Å²) in [6.07, 6.45) is 0. The van der Waals surface area contributed by atoms with Crippen molar-refractivity contribution in [1.82, 2.24) is 0 Å². The lowest BCUT2D eigenvalue weighted by Gasteiger charge is -2.02. The van der Waals surface area contributed by atoms with Crippen LogP contribution in [0.5, 0.6) is 5.75 Å². The third-order valence-electron chi connectivity index (χ3n) is 2.11. The molecule has 14 heavy (non-hydrogen) atoms. The third kappa shape index (κ3) is 1.77. The van der Waals surface area contributed by atoms with Gasteiger partial charge in [0, 0.05) is 0 Å². The molecular weight excluding hydrogens is 172 g/mol. The van der Waals surface area contributed by atoms with Gasteiger partial charge >= 0.3 is 0 Å². The first-order chi connectivity index (χ1) is 7.31. The summed E-state index contributed by atoms with van der Waals surface area (Å²) in [4.78, 5) is 0. The molecule has 0 N–H and O–H groups in total. The maximum absolute atomic E-state index is 7.74. The van der Waals surface area contributed by atoms with Gasteiger partial charge in [-0.05, 0) is 23.2 Å². The van der Waals surface area contributed by atoms with E-state index < -0.39 is 0 Å². The SMILES string of the molecule is [2H]c1cc(-c2ccccc2)ccc1OC. The van der Waals surface area contributed by atoms with Gasteiger partial charge in [0.05, 0.1) is 8.48 Å². The smallest absolute Gasteiger partial charge is 0.118 e. The molecule has 0 aromatic heterocycles. The maximum atomic E-state index is 7.74. The van der Waals surface area contributed by atoms with Crippen LogP contribution in [0.25, 0.3) is 11.1 Å². The van der Waals surface area contributed by atoms with E-state index in [1.54, 1.807) is 7.11 Å². The molecule has 0 heterocycles. The topological polar surface area (TPSA) is 9.23 Å². The van der Waals surface area contributed by atoms with E-state index in [-0.39, 0.29) is 0 Å². The molecule has 2 aromatic carbocycles. The Hall–Kier alpha value is -1.76. The van der Waals surface area contributed by atoms with E-state index in [4.69, 9.17) is 6.11 Å². The van der Waals surface area contributed by atoms with Crippen molar-refractivity contribution < 1.29 is 6.11 Å². The number of ether oxygens (including phenoxy) is 1. The van der Waals surface area contributed by atoms with Gasteiger partial charge in [-0.25, -0.2) is 0 Å². The monoisotopic (exact) mass is 185 g/mol. The van der Waals surface area contributed by atoms with Crippen molar-refractivity contribution in [2.75, 3.05) is 7.11 Å². The van der Waals surface area contributed by atoms with Crippen LogP contribution in [0.2, 0.25) is 0 Å². The second-order valence-electron chi connectivity index (χ2n) is 3.01. The first kappa shape index (κ1) is 7.63. The molecule has 1 heteroatoms. The Bertz CT molecular complexity index is 451. The van der Waals surface area contributed by atoms with Crippen molar-refractivity contribution in [3.63, 3.8) is 0 Å². The molecule has 0 amide bonds. The molecule has 0 fully saturated rings. The molecule has 0 aliphatic carbocycles. The largest absolute Gasteiger partial charge is 0.497 e. The molecule has 0 radical (unpaired) electrons. The molecule has 0 unspecified atom stereocenters. The second-order valence-corrected chi connectivity index (χ2v) is 3.01. The Labute approximate surface area is 85.4 Å². The standard InChI is InChI=1S/C13H12O/c1-14-13-9-7-12(8-10-13)11-5-3-2-4-6-11/h2-10H,1H3/i9D. The van der Waals surface area contributed by atoms with Crippen LogP contribution in [0.15, 0.2) is 54.6 Å². The highest BCUT2D eigenvalue weighted by Gasteiger charge is 1.95. The molecule has 0 saturated heterocycles. The van der Waals surface area contributed by atoms with Crippen LogP contribution in [0.3, 0.4) is 0 Å². The van der Waals surface area contributed by atoms with Crippen LogP contribution < -0.4 is 4.74 Å².